The molecule has 18 heavy (non-hydrogen) atoms. The van der Waals surface area contributed by atoms with E-state index >= 15 is 0 Å². The zero-order valence-electron chi connectivity index (χ0n) is 10.4. The minimum Gasteiger partial charge on any atom is -0.317 e. The van der Waals surface area contributed by atoms with Gasteiger partial charge >= 0.3 is 0 Å². The Labute approximate surface area is 108 Å². The van der Waals surface area contributed by atoms with E-state index in [4.69, 9.17) is 0 Å². The molecule has 1 heterocycles. The highest BCUT2D eigenvalue weighted by atomic mass is 32.2. The number of hydrazine groups is 1. The molecule has 0 atom stereocenters. The Balaban J connectivity index is 1.96. The van der Waals surface area contributed by atoms with Crippen molar-refractivity contribution in [3.63, 3.8) is 0 Å². The molecule has 0 spiro atoms. The zero-order valence-corrected chi connectivity index (χ0v) is 11.3. The molecule has 0 unspecified atom stereocenters. The molecule has 1 fully saturated rings. The Morgan fingerprint density at radius 1 is 1.17 bits per heavy atom. The minimum atomic E-state index is -3.46. The van der Waals surface area contributed by atoms with E-state index in [-0.39, 0.29) is 10.9 Å². The van der Waals surface area contributed by atoms with E-state index < -0.39 is 10.0 Å². The number of benzene rings is 1. The molecule has 0 saturated carbocycles. The van der Waals surface area contributed by atoms with Crippen LogP contribution in [0.4, 0.5) is 0 Å². The van der Waals surface area contributed by atoms with E-state index in [9.17, 15) is 8.42 Å². The van der Waals surface area contributed by atoms with Gasteiger partial charge in [-0.05, 0) is 45.0 Å². The van der Waals surface area contributed by atoms with Crippen LogP contribution in [-0.4, -0.2) is 27.5 Å². The Kier molecular flexibility index (Phi) is 4.34. The number of hydrogen-bond donors (Lipinski definition) is 3. The monoisotopic (exact) mass is 269 g/mol. The summed E-state index contributed by atoms with van der Waals surface area (Å²) >= 11 is 0. The third kappa shape index (κ3) is 3.52. The summed E-state index contributed by atoms with van der Waals surface area (Å²) < 4.78 is 24.0. The molecule has 1 aliphatic rings. The predicted octanol–water partition coefficient (Wildman–Crippen LogP) is 0.530. The van der Waals surface area contributed by atoms with Crippen molar-refractivity contribution in [3.05, 3.63) is 29.8 Å². The van der Waals surface area contributed by atoms with Crippen LogP contribution < -0.4 is 15.6 Å². The lowest BCUT2D eigenvalue weighted by atomic mass is 10.1. The highest BCUT2D eigenvalue weighted by molar-refractivity contribution is 7.89. The van der Waals surface area contributed by atoms with Crippen LogP contribution in [0.2, 0.25) is 0 Å². The largest absolute Gasteiger partial charge is 0.317 e. The topological polar surface area (TPSA) is 70.2 Å². The SMILES string of the molecule is Cc1ccc(S(=O)(=O)NNC2CCNCC2)cc1. The molecule has 1 aromatic carbocycles. The van der Waals surface area contributed by atoms with Crippen LogP contribution in [0.15, 0.2) is 29.2 Å². The number of nitrogens with one attached hydrogen (secondary N) is 3. The summed E-state index contributed by atoms with van der Waals surface area (Å²) in [6.45, 7) is 3.77. The van der Waals surface area contributed by atoms with Gasteiger partial charge in [0.25, 0.3) is 10.0 Å². The molecule has 1 saturated heterocycles. The van der Waals surface area contributed by atoms with Gasteiger partial charge in [0.05, 0.1) is 4.90 Å². The van der Waals surface area contributed by atoms with E-state index in [1.807, 2.05) is 6.92 Å². The van der Waals surface area contributed by atoms with Gasteiger partial charge in [0.15, 0.2) is 0 Å². The fraction of sp³-hybridized carbons (Fsp3) is 0.500. The fourth-order valence-corrected chi connectivity index (χ4v) is 2.84. The van der Waals surface area contributed by atoms with Gasteiger partial charge in [-0.3, -0.25) is 0 Å². The predicted molar refractivity (Wildman–Crippen MR) is 70.5 cm³/mol. The smallest absolute Gasteiger partial charge is 0.253 e. The van der Waals surface area contributed by atoms with Gasteiger partial charge in [0.1, 0.15) is 0 Å². The highest BCUT2D eigenvalue weighted by Crippen LogP contribution is 2.09. The summed E-state index contributed by atoms with van der Waals surface area (Å²) in [6.07, 6.45) is 1.85. The lowest BCUT2D eigenvalue weighted by molar-refractivity contribution is 0.374. The summed E-state index contributed by atoms with van der Waals surface area (Å²) in [5, 5.41) is 3.23. The summed E-state index contributed by atoms with van der Waals surface area (Å²) in [7, 11) is -3.46. The number of aryl methyl sites for hydroxylation is 1. The van der Waals surface area contributed by atoms with Crippen molar-refractivity contribution >= 4 is 10.0 Å². The van der Waals surface area contributed by atoms with Crippen LogP contribution in [0.5, 0.6) is 0 Å². The molecular weight excluding hydrogens is 250 g/mol. The average molecular weight is 269 g/mol. The number of hydrogen-bond acceptors (Lipinski definition) is 4. The first-order chi connectivity index (χ1) is 8.58. The maximum atomic E-state index is 12.0. The molecule has 1 aliphatic heterocycles. The van der Waals surface area contributed by atoms with Crippen molar-refractivity contribution in [1.82, 2.24) is 15.6 Å². The molecule has 100 valence electrons. The second-order valence-corrected chi connectivity index (χ2v) is 6.27. The van der Waals surface area contributed by atoms with Crippen molar-refractivity contribution in [2.45, 2.75) is 30.7 Å². The van der Waals surface area contributed by atoms with E-state index in [0.717, 1.165) is 31.5 Å². The number of piperidine rings is 1. The molecule has 1 aromatic rings. The number of rotatable bonds is 4. The van der Waals surface area contributed by atoms with Gasteiger partial charge in [0.2, 0.25) is 0 Å². The molecule has 3 N–H and O–H groups in total. The molecular formula is C12H19N3O2S. The maximum Gasteiger partial charge on any atom is 0.253 e. The molecule has 6 heteroatoms. The van der Waals surface area contributed by atoms with E-state index in [0.29, 0.717) is 0 Å². The zero-order chi connectivity index (χ0) is 13.0. The Hall–Kier alpha value is -0.950. The van der Waals surface area contributed by atoms with Gasteiger partial charge in [-0.2, -0.15) is 0 Å². The van der Waals surface area contributed by atoms with Crippen LogP contribution in [-0.2, 0) is 10.0 Å². The Morgan fingerprint density at radius 2 is 1.78 bits per heavy atom. The second-order valence-electron chi connectivity index (χ2n) is 4.59. The Morgan fingerprint density at radius 3 is 2.39 bits per heavy atom. The Bertz CT molecular complexity index is 479. The molecule has 2 rings (SSSR count). The van der Waals surface area contributed by atoms with Gasteiger partial charge in [-0.25, -0.2) is 13.8 Å². The van der Waals surface area contributed by atoms with Gasteiger partial charge in [-0.15, -0.1) is 4.83 Å². The van der Waals surface area contributed by atoms with Crippen LogP contribution in [0.3, 0.4) is 0 Å². The molecule has 0 aliphatic carbocycles. The summed E-state index contributed by atoms with van der Waals surface area (Å²) in [4.78, 5) is 2.75. The highest BCUT2D eigenvalue weighted by Gasteiger charge is 2.17. The average Bonchev–Trinajstić information content (AvgIpc) is 2.38. The van der Waals surface area contributed by atoms with Gasteiger partial charge in [-0.1, -0.05) is 17.7 Å². The van der Waals surface area contributed by atoms with E-state index in [2.05, 4.69) is 15.6 Å². The molecule has 0 radical (unpaired) electrons. The molecule has 5 nitrogen and oxygen atoms in total. The van der Waals surface area contributed by atoms with Crippen LogP contribution >= 0.6 is 0 Å². The van der Waals surface area contributed by atoms with Crippen molar-refractivity contribution in [3.8, 4) is 0 Å². The second kappa shape index (κ2) is 5.79. The maximum absolute atomic E-state index is 12.0. The molecule has 0 bridgehead atoms. The normalized spacial score (nSPS) is 17.8. The third-order valence-electron chi connectivity index (χ3n) is 3.07. The summed E-state index contributed by atoms with van der Waals surface area (Å²) in [5.41, 5.74) is 3.94. The first-order valence-electron chi connectivity index (χ1n) is 6.13. The van der Waals surface area contributed by atoms with E-state index in [1.54, 1.807) is 24.3 Å². The van der Waals surface area contributed by atoms with Crippen molar-refractivity contribution in [2.24, 2.45) is 0 Å². The first-order valence-corrected chi connectivity index (χ1v) is 7.61. The lowest BCUT2D eigenvalue weighted by Gasteiger charge is -2.23. The van der Waals surface area contributed by atoms with Crippen molar-refractivity contribution < 1.29 is 8.42 Å². The van der Waals surface area contributed by atoms with Gasteiger partial charge < -0.3 is 5.32 Å². The fourth-order valence-electron chi connectivity index (χ4n) is 1.90. The van der Waals surface area contributed by atoms with Gasteiger partial charge in [0, 0.05) is 6.04 Å². The lowest BCUT2D eigenvalue weighted by Crippen LogP contribution is -2.48. The number of sulfonamides is 1. The van der Waals surface area contributed by atoms with Crippen LogP contribution in [0, 0.1) is 6.92 Å². The molecule has 0 amide bonds. The van der Waals surface area contributed by atoms with Crippen LogP contribution in [0.1, 0.15) is 18.4 Å². The quantitative estimate of drug-likeness (QED) is 0.697. The molecule has 0 aromatic heterocycles. The summed E-state index contributed by atoms with van der Waals surface area (Å²) in [5.74, 6) is 0. The van der Waals surface area contributed by atoms with Crippen molar-refractivity contribution in [2.75, 3.05) is 13.1 Å². The standard InChI is InChI=1S/C12H19N3O2S/c1-10-2-4-12(5-3-10)18(16,17)15-14-11-6-8-13-9-7-11/h2-5,11,13-15H,6-9H2,1H3. The first kappa shape index (κ1) is 13.5. The van der Waals surface area contributed by atoms with Crippen molar-refractivity contribution in [1.29, 1.82) is 0 Å². The van der Waals surface area contributed by atoms with Crippen LogP contribution in [0.25, 0.3) is 0 Å². The summed E-state index contributed by atoms with van der Waals surface area (Å²) in [6, 6.07) is 7.01. The van der Waals surface area contributed by atoms with E-state index in [1.165, 1.54) is 0 Å². The minimum absolute atomic E-state index is 0.200. The third-order valence-corrected chi connectivity index (χ3v) is 4.35.